The lowest BCUT2D eigenvalue weighted by molar-refractivity contribution is -0.124. The first-order valence-corrected chi connectivity index (χ1v) is 7.79. The number of benzene rings is 1. The third kappa shape index (κ3) is 1.34. The van der Waals surface area contributed by atoms with E-state index < -0.39 is 0 Å². The van der Waals surface area contributed by atoms with Gasteiger partial charge in [0.15, 0.2) is 0 Å². The van der Waals surface area contributed by atoms with Gasteiger partial charge in [0, 0.05) is 0 Å². The number of aryl methyl sites for hydroxylation is 1. The van der Waals surface area contributed by atoms with Crippen LogP contribution in [0.2, 0.25) is 0 Å². The summed E-state index contributed by atoms with van der Waals surface area (Å²) in [6.07, 6.45) is 5.64. The minimum atomic E-state index is -0.100. The van der Waals surface area contributed by atoms with Gasteiger partial charge in [0.1, 0.15) is 0 Å². The minimum absolute atomic E-state index is 0.0281. The second-order valence-corrected chi connectivity index (χ2v) is 7.01. The summed E-state index contributed by atoms with van der Waals surface area (Å²) in [6, 6.07) is 7.71. The second kappa shape index (κ2) is 3.65. The maximum Gasteiger partial charge on any atom is 0.238 e. The van der Waals surface area contributed by atoms with Gasteiger partial charge in [-0.2, -0.15) is 0 Å². The number of hydrogen-bond donors (Lipinski definition) is 0. The van der Waals surface area contributed by atoms with Crippen molar-refractivity contribution in [2.75, 3.05) is 4.90 Å². The molecule has 4 aliphatic carbocycles. The SMILES string of the molecule is Cc1cccc(N2C(=O)C3C4C=CC(C5CC45)C3C2=O)c1. The highest BCUT2D eigenvalue weighted by Crippen LogP contribution is 2.65. The van der Waals surface area contributed by atoms with Crippen molar-refractivity contribution in [3.63, 3.8) is 0 Å². The standard InChI is InChI=1S/C18H17NO2/c1-9-3-2-4-10(7-9)19-17(20)15-11-5-6-12(14-8-13(11)14)16(15)18(19)21/h2-7,11-16H,8H2,1H3. The number of hydrogen-bond acceptors (Lipinski definition) is 2. The predicted molar refractivity (Wildman–Crippen MR) is 78.4 cm³/mol. The first-order valence-electron chi connectivity index (χ1n) is 7.79. The number of nitrogens with zero attached hydrogens (tertiary/aromatic N) is 1. The van der Waals surface area contributed by atoms with E-state index in [1.807, 2.05) is 31.2 Å². The molecule has 2 bridgehead atoms. The number of imide groups is 1. The summed E-state index contributed by atoms with van der Waals surface area (Å²) in [4.78, 5) is 27.2. The van der Waals surface area contributed by atoms with Crippen LogP contribution in [-0.4, -0.2) is 11.8 Å². The van der Waals surface area contributed by atoms with E-state index in [-0.39, 0.29) is 23.7 Å². The Morgan fingerprint density at radius 3 is 2.19 bits per heavy atom. The Bertz CT molecular complexity index is 671. The van der Waals surface area contributed by atoms with E-state index in [9.17, 15) is 9.59 Å². The third-order valence-corrected chi connectivity index (χ3v) is 5.92. The van der Waals surface area contributed by atoms with Crippen LogP contribution >= 0.6 is 0 Å². The van der Waals surface area contributed by atoms with E-state index in [2.05, 4.69) is 12.2 Å². The molecule has 6 rings (SSSR count). The molecule has 0 aromatic heterocycles. The lowest BCUT2D eigenvalue weighted by Gasteiger charge is -2.37. The summed E-state index contributed by atoms with van der Waals surface area (Å²) in [5.41, 5.74) is 1.82. The molecular formula is C18H17NO2. The molecule has 1 heterocycles. The molecular weight excluding hydrogens is 262 g/mol. The molecule has 0 radical (unpaired) electrons. The molecule has 6 unspecified atom stereocenters. The minimum Gasteiger partial charge on any atom is -0.274 e. The highest BCUT2D eigenvalue weighted by atomic mass is 16.2. The molecule has 2 saturated carbocycles. The fourth-order valence-corrected chi connectivity index (χ4v) is 4.98. The fraction of sp³-hybridized carbons (Fsp3) is 0.444. The highest BCUT2D eigenvalue weighted by Gasteiger charge is 2.67. The van der Waals surface area contributed by atoms with Crippen LogP contribution in [0.3, 0.4) is 0 Å². The normalized spacial score (nSPS) is 42.2. The summed E-state index contributed by atoms with van der Waals surface area (Å²) in [5, 5.41) is 0. The third-order valence-electron chi connectivity index (χ3n) is 5.92. The number of rotatable bonds is 1. The number of amides is 2. The molecule has 0 spiro atoms. The molecule has 6 atom stereocenters. The van der Waals surface area contributed by atoms with E-state index in [1.165, 1.54) is 11.3 Å². The van der Waals surface area contributed by atoms with Gasteiger partial charge in [0.2, 0.25) is 11.8 Å². The monoisotopic (exact) mass is 279 g/mol. The van der Waals surface area contributed by atoms with Crippen molar-refractivity contribution in [3.8, 4) is 0 Å². The van der Waals surface area contributed by atoms with Crippen LogP contribution in [0, 0.1) is 42.4 Å². The summed E-state index contributed by atoms with van der Waals surface area (Å²) in [6.45, 7) is 1.99. The van der Waals surface area contributed by atoms with E-state index in [4.69, 9.17) is 0 Å². The molecule has 5 aliphatic rings. The Morgan fingerprint density at radius 2 is 1.62 bits per heavy atom. The van der Waals surface area contributed by atoms with Gasteiger partial charge < -0.3 is 0 Å². The van der Waals surface area contributed by atoms with Crippen LogP contribution in [0.15, 0.2) is 36.4 Å². The molecule has 1 aliphatic heterocycles. The van der Waals surface area contributed by atoms with Crippen molar-refractivity contribution >= 4 is 17.5 Å². The Labute approximate surface area is 123 Å². The van der Waals surface area contributed by atoms with Crippen molar-refractivity contribution in [2.24, 2.45) is 35.5 Å². The molecule has 106 valence electrons. The number of carbonyl (C=O) groups excluding carboxylic acids is 2. The number of anilines is 1. The van der Waals surface area contributed by atoms with E-state index in [0.717, 1.165) is 11.3 Å². The molecule has 1 aromatic carbocycles. The maximum atomic E-state index is 12.9. The van der Waals surface area contributed by atoms with Gasteiger partial charge in [-0.15, -0.1) is 0 Å². The van der Waals surface area contributed by atoms with Gasteiger partial charge in [-0.05, 0) is 54.7 Å². The zero-order chi connectivity index (χ0) is 14.3. The van der Waals surface area contributed by atoms with Gasteiger partial charge in [-0.3, -0.25) is 14.5 Å². The Hall–Kier alpha value is -1.90. The van der Waals surface area contributed by atoms with Gasteiger partial charge in [-0.25, -0.2) is 0 Å². The zero-order valence-corrected chi connectivity index (χ0v) is 11.9. The average Bonchev–Trinajstić information content (AvgIpc) is 3.24. The Morgan fingerprint density at radius 1 is 1.00 bits per heavy atom. The highest BCUT2D eigenvalue weighted by molar-refractivity contribution is 6.22. The van der Waals surface area contributed by atoms with Gasteiger partial charge >= 0.3 is 0 Å². The topological polar surface area (TPSA) is 37.4 Å². The zero-order valence-electron chi connectivity index (χ0n) is 11.9. The largest absolute Gasteiger partial charge is 0.274 e. The molecule has 1 saturated heterocycles. The van der Waals surface area contributed by atoms with Crippen LogP contribution < -0.4 is 4.90 Å². The van der Waals surface area contributed by atoms with E-state index in [0.29, 0.717) is 23.7 Å². The molecule has 21 heavy (non-hydrogen) atoms. The average molecular weight is 279 g/mol. The van der Waals surface area contributed by atoms with Crippen LogP contribution in [0.5, 0.6) is 0 Å². The molecule has 3 nitrogen and oxygen atoms in total. The number of allylic oxidation sites excluding steroid dienone is 2. The predicted octanol–water partition coefficient (Wildman–Crippen LogP) is 2.55. The van der Waals surface area contributed by atoms with Gasteiger partial charge in [-0.1, -0.05) is 24.3 Å². The molecule has 2 amide bonds. The summed E-state index contributed by atoms with van der Waals surface area (Å²) in [5.74, 6) is 1.78. The van der Waals surface area contributed by atoms with E-state index in [1.54, 1.807) is 0 Å². The Kier molecular flexibility index (Phi) is 2.04. The summed E-state index contributed by atoms with van der Waals surface area (Å²) in [7, 11) is 0. The van der Waals surface area contributed by atoms with Crippen molar-refractivity contribution in [3.05, 3.63) is 42.0 Å². The maximum absolute atomic E-state index is 12.9. The van der Waals surface area contributed by atoms with Crippen molar-refractivity contribution in [2.45, 2.75) is 13.3 Å². The quantitative estimate of drug-likeness (QED) is 0.585. The summed E-state index contributed by atoms with van der Waals surface area (Å²) < 4.78 is 0. The molecule has 0 N–H and O–H groups in total. The molecule has 3 heteroatoms. The van der Waals surface area contributed by atoms with E-state index >= 15 is 0 Å². The summed E-state index contributed by atoms with van der Waals surface area (Å²) >= 11 is 0. The Balaban J connectivity index is 1.60. The van der Waals surface area contributed by atoms with Gasteiger partial charge in [0.25, 0.3) is 0 Å². The second-order valence-electron chi connectivity index (χ2n) is 7.01. The van der Waals surface area contributed by atoms with Crippen molar-refractivity contribution in [1.82, 2.24) is 0 Å². The fourth-order valence-electron chi connectivity index (χ4n) is 4.98. The van der Waals surface area contributed by atoms with Crippen LogP contribution in [0.25, 0.3) is 0 Å². The number of carbonyl (C=O) groups is 2. The molecule has 3 fully saturated rings. The molecule has 1 aromatic rings. The lowest BCUT2D eigenvalue weighted by Crippen LogP contribution is -2.40. The van der Waals surface area contributed by atoms with Crippen LogP contribution in [0.4, 0.5) is 5.69 Å². The smallest absolute Gasteiger partial charge is 0.238 e. The van der Waals surface area contributed by atoms with Crippen LogP contribution in [-0.2, 0) is 9.59 Å². The van der Waals surface area contributed by atoms with Crippen molar-refractivity contribution in [1.29, 1.82) is 0 Å². The van der Waals surface area contributed by atoms with Gasteiger partial charge in [0.05, 0.1) is 17.5 Å². The first kappa shape index (κ1) is 11.7. The lowest BCUT2D eigenvalue weighted by atomic mass is 9.63. The first-order chi connectivity index (χ1) is 10.2. The van der Waals surface area contributed by atoms with Crippen molar-refractivity contribution < 1.29 is 9.59 Å². The van der Waals surface area contributed by atoms with Crippen LogP contribution in [0.1, 0.15) is 12.0 Å².